The molecule has 1 atom stereocenters. The fourth-order valence-corrected chi connectivity index (χ4v) is 4.17. The lowest BCUT2D eigenvalue weighted by Crippen LogP contribution is -2.43. The molecule has 0 aliphatic carbocycles. The van der Waals surface area contributed by atoms with Crippen molar-refractivity contribution in [2.45, 2.75) is 38.0 Å². The summed E-state index contributed by atoms with van der Waals surface area (Å²) in [6.45, 7) is 6.86. The number of guanidine groups is 1. The minimum absolute atomic E-state index is 0. The lowest BCUT2D eigenvalue weighted by molar-refractivity contribution is 0.584. The van der Waals surface area contributed by atoms with Gasteiger partial charge in [-0.1, -0.05) is 18.2 Å². The van der Waals surface area contributed by atoms with Crippen LogP contribution in [0.15, 0.2) is 47.7 Å². The molecule has 1 saturated heterocycles. The van der Waals surface area contributed by atoms with Gasteiger partial charge in [-0.05, 0) is 44.6 Å². The van der Waals surface area contributed by atoms with Crippen LogP contribution in [-0.4, -0.2) is 39.3 Å². The summed E-state index contributed by atoms with van der Waals surface area (Å²) in [5.41, 5.74) is 2.16. The third-order valence-corrected chi connectivity index (χ3v) is 5.89. The first kappa shape index (κ1) is 21.1. The van der Waals surface area contributed by atoms with E-state index in [1.165, 1.54) is 18.6 Å². The van der Waals surface area contributed by atoms with Gasteiger partial charge in [-0.15, -0.1) is 24.0 Å². The molecule has 5 nitrogen and oxygen atoms in total. The van der Waals surface area contributed by atoms with E-state index in [-0.39, 0.29) is 24.0 Å². The average molecular weight is 485 g/mol. The lowest BCUT2D eigenvalue weighted by atomic mass is 10.1. The Labute approximate surface area is 177 Å². The van der Waals surface area contributed by atoms with E-state index in [1.807, 2.05) is 47.4 Å². The first-order valence-electron chi connectivity index (χ1n) is 8.94. The van der Waals surface area contributed by atoms with Crippen LogP contribution in [0.25, 0.3) is 5.69 Å². The van der Waals surface area contributed by atoms with Crippen molar-refractivity contribution < 1.29 is 0 Å². The molecular weight excluding hydrogens is 457 g/mol. The number of nitrogens with one attached hydrogen (secondary N) is 2. The van der Waals surface area contributed by atoms with Crippen LogP contribution in [0.4, 0.5) is 0 Å². The second-order valence-electron chi connectivity index (χ2n) is 6.58. The monoisotopic (exact) mass is 485 g/mol. The zero-order valence-corrected chi connectivity index (χ0v) is 18.6. The highest BCUT2D eigenvalue weighted by Gasteiger charge is 2.29. The van der Waals surface area contributed by atoms with Gasteiger partial charge >= 0.3 is 0 Å². The number of thioether (sulfide) groups is 1. The quantitative estimate of drug-likeness (QED) is 0.371. The van der Waals surface area contributed by atoms with Crippen molar-refractivity contribution in [2.24, 2.45) is 4.99 Å². The minimum atomic E-state index is 0. The Morgan fingerprint density at radius 2 is 2.12 bits per heavy atom. The second kappa shape index (κ2) is 10.2. The molecule has 3 rings (SSSR count). The van der Waals surface area contributed by atoms with Crippen molar-refractivity contribution in [1.29, 1.82) is 0 Å². The van der Waals surface area contributed by atoms with Gasteiger partial charge in [0.05, 0.1) is 18.4 Å². The minimum Gasteiger partial charge on any atom is -0.357 e. The predicted octanol–water partition coefficient (Wildman–Crippen LogP) is 3.83. The fraction of sp³-hybridized carbons (Fsp3) is 0.474. The zero-order chi connectivity index (χ0) is 17.5. The van der Waals surface area contributed by atoms with Crippen LogP contribution in [0.2, 0.25) is 0 Å². The molecule has 1 aliphatic rings. The Bertz CT molecular complexity index is 695. The Balaban J connectivity index is 0.00000243. The van der Waals surface area contributed by atoms with Crippen LogP contribution in [0.1, 0.15) is 32.3 Å². The summed E-state index contributed by atoms with van der Waals surface area (Å²) in [6.07, 6.45) is 6.51. The molecule has 0 spiro atoms. The third kappa shape index (κ3) is 5.90. The summed E-state index contributed by atoms with van der Waals surface area (Å²) in [5.74, 6) is 2.15. The number of aromatic nitrogens is 2. The molecule has 1 aromatic carbocycles. The number of aliphatic imine (C=N–C) groups is 1. The van der Waals surface area contributed by atoms with E-state index in [1.54, 1.807) is 0 Å². The SMILES string of the molecule is CCNC(=NCc1cnn(-c2ccccc2)c1)NCC1(C)CCCS1.I. The Morgan fingerprint density at radius 1 is 1.31 bits per heavy atom. The van der Waals surface area contributed by atoms with Crippen molar-refractivity contribution >= 4 is 41.7 Å². The normalized spacial score (nSPS) is 19.8. The van der Waals surface area contributed by atoms with Crippen molar-refractivity contribution in [3.05, 3.63) is 48.3 Å². The van der Waals surface area contributed by atoms with Gasteiger partial charge in [0.15, 0.2) is 5.96 Å². The van der Waals surface area contributed by atoms with Crippen LogP contribution < -0.4 is 10.6 Å². The highest BCUT2D eigenvalue weighted by Crippen LogP contribution is 2.36. The molecule has 2 aromatic rings. The summed E-state index contributed by atoms with van der Waals surface area (Å²) >= 11 is 2.06. The molecule has 2 N–H and O–H groups in total. The Hall–Kier alpha value is -1.22. The van der Waals surface area contributed by atoms with Crippen molar-refractivity contribution in [3.8, 4) is 5.69 Å². The van der Waals surface area contributed by atoms with Crippen LogP contribution >= 0.6 is 35.7 Å². The molecule has 1 aromatic heterocycles. The maximum Gasteiger partial charge on any atom is 0.191 e. The second-order valence-corrected chi connectivity index (χ2v) is 8.26. The molecule has 0 saturated carbocycles. The van der Waals surface area contributed by atoms with E-state index in [0.717, 1.165) is 30.3 Å². The molecule has 0 radical (unpaired) electrons. The van der Waals surface area contributed by atoms with Gasteiger partial charge in [0.1, 0.15) is 0 Å². The highest BCUT2D eigenvalue weighted by atomic mass is 127. The van der Waals surface area contributed by atoms with Crippen LogP contribution in [0.3, 0.4) is 0 Å². The summed E-state index contributed by atoms with van der Waals surface area (Å²) < 4.78 is 2.22. The molecule has 142 valence electrons. The van der Waals surface area contributed by atoms with Gasteiger partial charge in [-0.25, -0.2) is 9.67 Å². The lowest BCUT2D eigenvalue weighted by Gasteiger charge is -2.24. The van der Waals surface area contributed by atoms with Gasteiger partial charge in [-0.2, -0.15) is 16.9 Å². The summed E-state index contributed by atoms with van der Waals surface area (Å²) in [6, 6.07) is 10.1. The van der Waals surface area contributed by atoms with E-state index >= 15 is 0 Å². The average Bonchev–Trinajstić information content (AvgIpc) is 3.28. The summed E-state index contributed by atoms with van der Waals surface area (Å²) in [5, 5.41) is 11.3. The topological polar surface area (TPSA) is 54.2 Å². The number of rotatable bonds is 6. The number of hydrogen-bond donors (Lipinski definition) is 2. The van der Waals surface area contributed by atoms with E-state index in [9.17, 15) is 0 Å². The number of hydrogen-bond acceptors (Lipinski definition) is 3. The maximum absolute atomic E-state index is 4.71. The highest BCUT2D eigenvalue weighted by molar-refractivity contribution is 14.0. The smallest absolute Gasteiger partial charge is 0.191 e. The van der Waals surface area contributed by atoms with Gasteiger partial charge < -0.3 is 10.6 Å². The number of nitrogens with zero attached hydrogens (tertiary/aromatic N) is 3. The third-order valence-electron chi connectivity index (χ3n) is 4.35. The van der Waals surface area contributed by atoms with E-state index < -0.39 is 0 Å². The van der Waals surface area contributed by atoms with Gasteiger partial charge in [-0.3, -0.25) is 0 Å². The van der Waals surface area contributed by atoms with Crippen LogP contribution in [0.5, 0.6) is 0 Å². The Kier molecular flexibility index (Phi) is 8.27. The molecule has 1 fully saturated rings. The van der Waals surface area contributed by atoms with Crippen molar-refractivity contribution in [2.75, 3.05) is 18.8 Å². The molecule has 1 unspecified atom stereocenters. The first-order valence-corrected chi connectivity index (χ1v) is 9.92. The molecule has 2 heterocycles. The standard InChI is InChI=1S/C19H27N5S.HI/c1-3-20-18(22-15-19(2)10-7-11-25-19)21-12-16-13-23-24(14-16)17-8-5-4-6-9-17;/h4-6,8-9,13-14H,3,7,10-12,15H2,1-2H3,(H2,20,21,22);1H. The van der Waals surface area contributed by atoms with Gasteiger partial charge in [0.25, 0.3) is 0 Å². The largest absolute Gasteiger partial charge is 0.357 e. The first-order chi connectivity index (χ1) is 12.2. The predicted molar refractivity (Wildman–Crippen MR) is 122 cm³/mol. The fourth-order valence-electron chi connectivity index (χ4n) is 2.92. The van der Waals surface area contributed by atoms with Gasteiger partial charge in [0.2, 0.25) is 0 Å². The van der Waals surface area contributed by atoms with Crippen molar-refractivity contribution in [3.63, 3.8) is 0 Å². The molecule has 0 amide bonds. The summed E-state index contributed by atoms with van der Waals surface area (Å²) in [7, 11) is 0. The van der Waals surface area contributed by atoms with E-state index in [4.69, 9.17) is 4.99 Å². The molecule has 0 bridgehead atoms. The molecule has 26 heavy (non-hydrogen) atoms. The number of benzene rings is 1. The maximum atomic E-state index is 4.71. The van der Waals surface area contributed by atoms with E-state index in [0.29, 0.717) is 11.3 Å². The van der Waals surface area contributed by atoms with E-state index in [2.05, 4.69) is 41.3 Å². The van der Waals surface area contributed by atoms with Crippen LogP contribution in [0, 0.1) is 0 Å². The zero-order valence-electron chi connectivity index (χ0n) is 15.4. The molecule has 1 aliphatic heterocycles. The van der Waals surface area contributed by atoms with Gasteiger partial charge in [0, 0.05) is 29.6 Å². The molecular formula is C19H28IN5S. The van der Waals surface area contributed by atoms with Crippen LogP contribution in [-0.2, 0) is 6.54 Å². The summed E-state index contributed by atoms with van der Waals surface area (Å²) in [4.78, 5) is 4.71. The van der Waals surface area contributed by atoms with Crippen molar-refractivity contribution in [1.82, 2.24) is 20.4 Å². The Morgan fingerprint density at radius 3 is 2.81 bits per heavy atom. The number of para-hydroxylation sites is 1. The number of halogens is 1. The molecule has 7 heteroatoms.